The first-order valence-corrected chi connectivity index (χ1v) is 7.62. The molecule has 1 aliphatic rings. The fourth-order valence-electron chi connectivity index (χ4n) is 2.93. The minimum absolute atomic E-state index is 0. The molecule has 1 atom stereocenters. The van der Waals surface area contributed by atoms with E-state index < -0.39 is 0 Å². The van der Waals surface area contributed by atoms with E-state index in [9.17, 15) is 0 Å². The van der Waals surface area contributed by atoms with Crippen molar-refractivity contribution in [2.45, 2.75) is 84.1 Å². The van der Waals surface area contributed by atoms with Crippen LogP contribution >= 0.6 is 0 Å². The summed E-state index contributed by atoms with van der Waals surface area (Å²) in [4.78, 5) is 2.78. The van der Waals surface area contributed by atoms with E-state index in [4.69, 9.17) is 0 Å². The molecule has 104 valence electrons. The van der Waals surface area contributed by atoms with Crippen molar-refractivity contribution < 1.29 is 4.70 Å². The van der Waals surface area contributed by atoms with Crippen LogP contribution in [0.15, 0.2) is 0 Å². The molecule has 1 nitrogen and oxygen atoms in total. The zero-order chi connectivity index (χ0) is 11.6. The molecule has 0 aromatic rings. The number of likely N-dealkylation sites (tertiary alicyclic amines) is 1. The smallest absolute Gasteiger partial charge is 0.00951 e. The van der Waals surface area contributed by atoms with E-state index in [1.54, 1.807) is 0 Å². The van der Waals surface area contributed by atoms with Crippen molar-refractivity contribution in [1.82, 2.24) is 4.90 Å². The Morgan fingerprint density at radius 2 is 1.71 bits per heavy atom. The number of halogens is 1. The van der Waals surface area contributed by atoms with Gasteiger partial charge in [0.05, 0.1) is 0 Å². The van der Waals surface area contributed by atoms with Gasteiger partial charge < -0.3 is 4.90 Å². The van der Waals surface area contributed by atoms with Gasteiger partial charge in [0.15, 0.2) is 0 Å². The maximum atomic E-state index is 2.78. The van der Waals surface area contributed by atoms with Gasteiger partial charge in [-0.15, -0.1) is 0 Å². The summed E-state index contributed by atoms with van der Waals surface area (Å²) in [6, 6.07) is 0.921. The zero-order valence-electron chi connectivity index (χ0n) is 11.9. The van der Waals surface area contributed by atoms with Crippen LogP contribution in [0.1, 0.15) is 78.1 Å². The van der Waals surface area contributed by atoms with Crippen LogP contribution in [-0.2, 0) is 0 Å². The molecule has 0 N–H and O–H groups in total. The van der Waals surface area contributed by atoms with Crippen molar-refractivity contribution in [3.8, 4) is 0 Å². The molecule has 0 spiro atoms. The van der Waals surface area contributed by atoms with Crippen LogP contribution in [0.3, 0.4) is 0 Å². The lowest BCUT2D eigenvalue weighted by Gasteiger charge is -2.35. The number of hydrogen-bond donors (Lipinski definition) is 0. The lowest BCUT2D eigenvalue weighted by molar-refractivity contribution is 0.137. The molecule has 0 radical (unpaired) electrons. The molecule has 1 saturated heterocycles. The number of piperidine rings is 1. The maximum absolute atomic E-state index is 2.78. The lowest BCUT2D eigenvalue weighted by Crippen LogP contribution is -2.39. The quantitative estimate of drug-likeness (QED) is 0.557. The first kappa shape index (κ1) is 16.9. The molecule has 1 rings (SSSR count). The molecular formula is C15H32FN. The van der Waals surface area contributed by atoms with E-state index in [1.165, 1.54) is 77.3 Å². The molecular weight excluding hydrogens is 213 g/mol. The predicted octanol–water partition coefficient (Wildman–Crippen LogP) is 4.76. The second-order valence-electron chi connectivity index (χ2n) is 5.39. The van der Waals surface area contributed by atoms with Crippen LogP contribution in [0.2, 0.25) is 0 Å². The summed E-state index contributed by atoms with van der Waals surface area (Å²) < 4.78 is 0. The molecule has 1 heterocycles. The van der Waals surface area contributed by atoms with Crippen LogP contribution in [0.25, 0.3) is 0 Å². The van der Waals surface area contributed by atoms with Gasteiger partial charge in [0.25, 0.3) is 0 Å². The monoisotopic (exact) mass is 245 g/mol. The van der Waals surface area contributed by atoms with Crippen LogP contribution in [0.4, 0.5) is 4.70 Å². The molecule has 17 heavy (non-hydrogen) atoms. The Balaban J connectivity index is 0.00000256. The number of rotatable bonds is 8. The molecule has 0 bridgehead atoms. The third kappa shape index (κ3) is 7.03. The van der Waals surface area contributed by atoms with Crippen molar-refractivity contribution in [2.75, 3.05) is 13.1 Å². The Morgan fingerprint density at radius 1 is 0.941 bits per heavy atom. The number of unbranched alkanes of at least 4 members (excludes halogenated alkanes) is 4. The van der Waals surface area contributed by atoms with E-state index >= 15 is 0 Å². The highest BCUT2D eigenvalue weighted by Gasteiger charge is 2.20. The standard InChI is InChI=1S/C15H31N.FH/c1-3-5-6-7-9-13-16-14-10-8-12-15(16)11-4-2;/h15H,3-14H2,1-2H3;1H. The Bertz CT molecular complexity index is 159. The van der Waals surface area contributed by atoms with Gasteiger partial charge in [0, 0.05) is 6.04 Å². The minimum Gasteiger partial charge on any atom is -0.300 e. The molecule has 0 saturated carbocycles. The summed E-state index contributed by atoms with van der Waals surface area (Å²) in [5.41, 5.74) is 0. The van der Waals surface area contributed by atoms with Crippen LogP contribution in [0.5, 0.6) is 0 Å². The molecule has 0 aromatic carbocycles. The summed E-state index contributed by atoms with van der Waals surface area (Å²) in [6.45, 7) is 7.36. The Kier molecular flexibility index (Phi) is 10.9. The largest absolute Gasteiger partial charge is 0.300 e. The fraction of sp³-hybridized carbons (Fsp3) is 1.00. The van der Waals surface area contributed by atoms with Crippen molar-refractivity contribution in [3.05, 3.63) is 0 Å². The summed E-state index contributed by atoms with van der Waals surface area (Å²) in [5.74, 6) is 0. The normalized spacial score (nSPS) is 21.2. The van der Waals surface area contributed by atoms with E-state index in [0.717, 1.165) is 6.04 Å². The molecule has 1 unspecified atom stereocenters. The van der Waals surface area contributed by atoms with Gasteiger partial charge in [-0.3, -0.25) is 4.70 Å². The van der Waals surface area contributed by atoms with Crippen LogP contribution in [0, 0.1) is 0 Å². The van der Waals surface area contributed by atoms with E-state index in [-0.39, 0.29) is 4.70 Å². The maximum Gasteiger partial charge on any atom is 0.00951 e. The van der Waals surface area contributed by atoms with Crippen LogP contribution in [-0.4, -0.2) is 24.0 Å². The Labute approximate surface area is 107 Å². The summed E-state index contributed by atoms with van der Waals surface area (Å²) in [6.07, 6.45) is 14.3. The van der Waals surface area contributed by atoms with E-state index in [2.05, 4.69) is 18.7 Å². The summed E-state index contributed by atoms with van der Waals surface area (Å²) in [7, 11) is 0. The minimum atomic E-state index is 0. The average molecular weight is 245 g/mol. The van der Waals surface area contributed by atoms with Gasteiger partial charge >= 0.3 is 0 Å². The Hall–Kier alpha value is -0.110. The van der Waals surface area contributed by atoms with E-state index in [1.807, 2.05) is 0 Å². The molecule has 1 fully saturated rings. The first-order chi connectivity index (χ1) is 7.88. The highest BCUT2D eigenvalue weighted by molar-refractivity contribution is 4.76. The molecule has 1 aliphatic heterocycles. The van der Waals surface area contributed by atoms with Crippen molar-refractivity contribution in [3.63, 3.8) is 0 Å². The van der Waals surface area contributed by atoms with Gasteiger partial charge in [-0.05, 0) is 38.8 Å². The van der Waals surface area contributed by atoms with E-state index in [0.29, 0.717) is 0 Å². The van der Waals surface area contributed by atoms with Crippen molar-refractivity contribution >= 4 is 0 Å². The first-order valence-electron chi connectivity index (χ1n) is 7.62. The number of nitrogens with zero attached hydrogens (tertiary/aromatic N) is 1. The molecule has 2 heteroatoms. The lowest BCUT2D eigenvalue weighted by atomic mass is 9.98. The van der Waals surface area contributed by atoms with Gasteiger partial charge in [0.1, 0.15) is 0 Å². The Morgan fingerprint density at radius 3 is 2.41 bits per heavy atom. The SMILES string of the molecule is CCCCCCCN1CCCCC1CCC.F. The fourth-order valence-corrected chi connectivity index (χ4v) is 2.93. The predicted molar refractivity (Wildman–Crippen MR) is 75.4 cm³/mol. The van der Waals surface area contributed by atoms with Gasteiger partial charge in [0.2, 0.25) is 0 Å². The molecule has 0 aromatic heterocycles. The summed E-state index contributed by atoms with van der Waals surface area (Å²) >= 11 is 0. The number of hydrogen-bond acceptors (Lipinski definition) is 1. The zero-order valence-corrected chi connectivity index (χ0v) is 11.9. The van der Waals surface area contributed by atoms with Gasteiger partial charge in [-0.1, -0.05) is 52.4 Å². The van der Waals surface area contributed by atoms with Crippen LogP contribution < -0.4 is 0 Å². The van der Waals surface area contributed by atoms with Gasteiger partial charge in [-0.2, -0.15) is 0 Å². The third-order valence-corrected chi connectivity index (χ3v) is 3.92. The molecule has 0 aliphatic carbocycles. The van der Waals surface area contributed by atoms with Crippen molar-refractivity contribution in [2.24, 2.45) is 0 Å². The van der Waals surface area contributed by atoms with Gasteiger partial charge in [-0.25, -0.2) is 0 Å². The average Bonchev–Trinajstić information content (AvgIpc) is 2.31. The second-order valence-corrected chi connectivity index (χ2v) is 5.39. The highest BCUT2D eigenvalue weighted by atomic mass is 19.0. The summed E-state index contributed by atoms with van der Waals surface area (Å²) in [5, 5.41) is 0. The molecule has 0 amide bonds. The van der Waals surface area contributed by atoms with Crippen molar-refractivity contribution in [1.29, 1.82) is 0 Å². The highest BCUT2D eigenvalue weighted by Crippen LogP contribution is 2.21. The second kappa shape index (κ2) is 11.0. The third-order valence-electron chi connectivity index (χ3n) is 3.92. The topological polar surface area (TPSA) is 3.24 Å².